The summed E-state index contributed by atoms with van der Waals surface area (Å²) in [6, 6.07) is 8.71. The van der Waals surface area contributed by atoms with E-state index in [1.165, 1.54) is 12.1 Å². The summed E-state index contributed by atoms with van der Waals surface area (Å²) in [5.41, 5.74) is 1.82. The van der Waals surface area contributed by atoms with Gasteiger partial charge in [-0.1, -0.05) is 24.6 Å². The van der Waals surface area contributed by atoms with Crippen molar-refractivity contribution in [2.45, 2.75) is 46.4 Å². The molecule has 0 bridgehead atoms. The Morgan fingerprint density at radius 1 is 1.19 bits per heavy atom. The summed E-state index contributed by atoms with van der Waals surface area (Å²) < 4.78 is 25.7. The molecule has 0 spiro atoms. The summed E-state index contributed by atoms with van der Waals surface area (Å²) >= 11 is 9.65. The fraction of sp³-hybridized carbons (Fsp3) is 0.400. The Balaban J connectivity index is 2.18. The highest BCUT2D eigenvalue weighted by molar-refractivity contribution is 9.10. The molecule has 1 N–H and O–H groups in total. The van der Waals surface area contributed by atoms with Gasteiger partial charge in [0.05, 0.1) is 16.1 Å². The van der Waals surface area contributed by atoms with E-state index in [2.05, 4.69) is 35.1 Å². The van der Waals surface area contributed by atoms with Gasteiger partial charge in [-0.05, 0) is 66.0 Å². The molecule has 2 aromatic carbocycles. The highest BCUT2D eigenvalue weighted by Crippen LogP contribution is 2.38. The van der Waals surface area contributed by atoms with Crippen molar-refractivity contribution in [2.24, 2.45) is 0 Å². The summed E-state index contributed by atoms with van der Waals surface area (Å²) in [5, 5.41) is 3.81. The van der Waals surface area contributed by atoms with Gasteiger partial charge >= 0.3 is 0 Å². The van der Waals surface area contributed by atoms with Crippen LogP contribution in [0.2, 0.25) is 5.02 Å². The molecule has 2 aromatic rings. The lowest BCUT2D eigenvalue weighted by atomic mass is 10.1. The van der Waals surface area contributed by atoms with Gasteiger partial charge in [-0.2, -0.15) is 0 Å². The molecule has 0 amide bonds. The van der Waals surface area contributed by atoms with Crippen molar-refractivity contribution in [1.29, 1.82) is 0 Å². The van der Waals surface area contributed by atoms with Crippen LogP contribution in [0, 0.1) is 5.82 Å². The zero-order chi connectivity index (χ0) is 19.1. The van der Waals surface area contributed by atoms with Gasteiger partial charge in [-0.3, -0.25) is 0 Å². The molecule has 0 aliphatic carbocycles. The van der Waals surface area contributed by atoms with E-state index in [-0.39, 0.29) is 12.4 Å². The summed E-state index contributed by atoms with van der Waals surface area (Å²) in [4.78, 5) is 0. The largest absolute Gasteiger partial charge is 0.490 e. The molecule has 0 radical (unpaired) electrons. The maximum absolute atomic E-state index is 13.2. The molecule has 0 saturated carbocycles. The van der Waals surface area contributed by atoms with E-state index in [0.29, 0.717) is 34.7 Å². The number of hydrogen-bond donors (Lipinski definition) is 1. The molecule has 3 nitrogen and oxygen atoms in total. The third-order valence-electron chi connectivity index (χ3n) is 4.02. The van der Waals surface area contributed by atoms with Crippen molar-refractivity contribution in [1.82, 2.24) is 5.32 Å². The molecule has 0 fully saturated rings. The Hall–Kier alpha value is -1.30. The fourth-order valence-electron chi connectivity index (χ4n) is 2.35. The van der Waals surface area contributed by atoms with E-state index in [4.69, 9.17) is 21.1 Å². The first-order chi connectivity index (χ1) is 12.4. The second kappa shape index (κ2) is 10.1. The number of benzene rings is 2. The average Bonchev–Trinajstić information content (AvgIpc) is 2.60. The number of ether oxygens (including phenoxy) is 2. The van der Waals surface area contributed by atoms with Crippen LogP contribution >= 0.6 is 27.5 Å². The fourth-order valence-corrected chi connectivity index (χ4v) is 3.18. The SMILES string of the molecule is CCOc1cc(CNC(C)CC)cc(Br)c1OCc1ccc(F)cc1Cl. The van der Waals surface area contributed by atoms with Crippen molar-refractivity contribution >= 4 is 27.5 Å². The lowest BCUT2D eigenvalue weighted by Gasteiger charge is -2.17. The zero-order valence-corrected chi connectivity index (χ0v) is 17.6. The van der Waals surface area contributed by atoms with E-state index in [9.17, 15) is 4.39 Å². The van der Waals surface area contributed by atoms with Gasteiger partial charge in [-0.25, -0.2) is 4.39 Å². The Kier molecular flexibility index (Phi) is 8.19. The molecule has 6 heteroatoms. The van der Waals surface area contributed by atoms with Crippen LogP contribution in [-0.4, -0.2) is 12.6 Å². The molecule has 0 saturated heterocycles. The predicted molar refractivity (Wildman–Crippen MR) is 108 cm³/mol. The van der Waals surface area contributed by atoms with Crippen LogP contribution in [0.15, 0.2) is 34.8 Å². The van der Waals surface area contributed by atoms with Crippen LogP contribution in [0.1, 0.15) is 38.3 Å². The first kappa shape index (κ1) is 21.0. The molecular formula is C20H24BrClFNO2. The molecule has 0 aliphatic heterocycles. The molecule has 2 rings (SSSR count). The lowest BCUT2D eigenvalue weighted by Crippen LogP contribution is -2.24. The van der Waals surface area contributed by atoms with Crippen molar-refractivity contribution in [3.63, 3.8) is 0 Å². The van der Waals surface area contributed by atoms with Gasteiger partial charge in [0.25, 0.3) is 0 Å². The van der Waals surface area contributed by atoms with Crippen LogP contribution in [0.3, 0.4) is 0 Å². The number of rotatable bonds is 9. The van der Waals surface area contributed by atoms with Crippen LogP contribution in [0.4, 0.5) is 4.39 Å². The van der Waals surface area contributed by atoms with E-state index in [0.717, 1.165) is 23.0 Å². The summed E-state index contributed by atoms with van der Waals surface area (Å²) in [7, 11) is 0. The summed E-state index contributed by atoms with van der Waals surface area (Å²) in [6.07, 6.45) is 1.07. The molecule has 1 atom stereocenters. The first-order valence-corrected chi connectivity index (χ1v) is 9.87. The minimum Gasteiger partial charge on any atom is -0.490 e. The van der Waals surface area contributed by atoms with Crippen molar-refractivity contribution in [3.8, 4) is 11.5 Å². The zero-order valence-electron chi connectivity index (χ0n) is 15.2. The Bertz CT molecular complexity index is 742. The number of halogens is 3. The molecule has 0 heterocycles. The van der Waals surface area contributed by atoms with E-state index in [1.807, 2.05) is 19.1 Å². The quantitative estimate of drug-likeness (QED) is 0.506. The van der Waals surface area contributed by atoms with Gasteiger partial charge in [0.15, 0.2) is 11.5 Å². The standard InChI is InChI=1S/C20H24BrClFNO2/c1-4-13(3)24-11-14-8-17(21)20(19(9-14)25-5-2)26-12-15-6-7-16(23)10-18(15)22/h6-10,13,24H,4-5,11-12H2,1-3H3. The van der Waals surface area contributed by atoms with Crippen molar-refractivity contribution in [2.75, 3.05) is 6.61 Å². The second-order valence-electron chi connectivity index (χ2n) is 6.05. The second-order valence-corrected chi connectivity index (χ2v) is 7.31. The van der Waals surface area contributed by atoms with Gasteiger partial charge in [0.2, 0.25) is 0 Å². The smallest absolute Gasteiger partial charge is 0.175 e. The minimum atomic E-state index is -0.368. The highest BCUT2D eigenvalue weighted by atomic mass is 79.9. The van der Waals surface area contributed by atoms with E-state index < -0.39 is 0 Å². The predicted octanol–water partition coefficient (Wildman–Crippen LogP) is 6.11. The minimum absolute atomic E-state index is 0.224. The molecule has 1 unspecified atom stereocenters. The van der Waals surface area contributed by atoms with E-state index >= 15 is 0 Å². The summed E-state index contributed by atoms with van der Waals surface area (Å²) in [5.74, 6) is 0.911. The van der Waals surface area contributed by atoms with Crippen LogP contribution < -0.4 is 14.8 Å². The maximum Gasteiger partial charge on any atom is 0.175 e. The molecule has 0 aromatic heterocycles. The Morgan fingerprint density at radius 3 is 2.62 bits per heavy atom. The van der Waals surface area contributed by atoms with Gasteiger partial charge in [0, 0.05) is 18.2 Å². The normalized spacial score (nSPS) is 12.1. The molecule has 26 heavy (non-hydrogen) atoms. The number of hydrogen-bond acceptors (Lipinski definition) is 3. The van der Waals surface area contributed by atoms with Crippen LogP contribution in [-0.2, 0) is 13.2 Å². The molecule has 142 valence electrons. The van der Waals surface area contributed by atoms with Crippen molar-refractivity contribution < 1.29 is 13.9 Å². The Morgan fingerprint density at radius 2 is 1.96 bits per heavy atom. The third kappa shape index (κ3) is 5.86. The van der Waals surface area contributed by atoms with E-state index in [1.54, 1.807) is 6.07 Å². The maximum atomic E-state index is 13.2. The summed E-state index contributed by atoms with van der Waals surface area (Å²) in [6.45, 7) is 7.74. The van der Waals surface area contributed by atoms with Gasteiger partial charge < -0.3 is 14.8 Å². The monoisotopic (exact) mass is 443 g/mol. The van der Waals surface area contributed by atoms with Gasteiger partial charge in [-0.15, -0.1) is 0 Å². The average molecular weight is 445 g/mol. The first-order valence-electron chi connectivity index (χ1n) is 8.69. The number of nitrogens with one attached hydrogen (secondary N) is 1. The highest BCUT2D eigenvalue weighted by Gasteiger charge is 2.14. The van der Waals surface area contributed by atoms with Crippen LogP contribution in [0.5, 0.6) is 11.5 Å². The van der Waals surface area contributed by atoms with Gasteiger partial charge in [0.1, 0.15) is 12.4 Å². The Labute approximate surface area is 168 Å². The lowest BCUT2D eigenvalue weighted by molar-refractivity contribution is 0.267. The van der Waals surface area contributed by atoms with Crippen molar-refractivity contribution in [3.05, 3.63) is 56.8 Å². The van der Waals surface area contributed by atoms with Crippen LogP contribution in [0.25, 0.3) is 0 Å². The molecule has 0 aliphatic rings. The molecular weight excluding hydrogens is 421 g/mol. The topological polar surface area (TPSA) is 30.5 Å². The third-order valence-corrected chi connectivity index (χ3v) is 4.96.